The summed E-state index contributed by atoms with van der Waals surface area (Å²) in [5.41, 5.74) is 3.80. The van der Waals surface area contributed by atoms with Gasteiger partial charge < -0.3 is 5.32 Å². The average Bonchev–Trinajstić information content (AvgIpc) is 2.73. The largest absolute Gasteiger partial charge is 0.356 e. The van der Waals surface area contributed by atoms with E-state index in [0.29, 0.717) is 13.0 Å². The van der Waals surface area contributed by atoms with Gasteiger partial charge in [-0.05, 0) is 51.1 Å². The van der Waals surface area contributed by atoms with Crippen LogP contribution in [0.15, 0.2) is 78.9 Å². The lowest BCUT2D eigenvalue weighted by molar-refractivity contribution is -0.121. The molecule has 0 unspecified atom stereocenters. The first-order valence-corrected chi connectivity index (χ1v) is 10.0. The maximum absolute atomic E-state index is 11.9. The summed E-state index contributed by atoms with van der Waals surface area (Å²) in [4.78, 5) is 11.9. The fourth-order valence-corrected chi connectivity index (χ4v) is 3.94. The van der Waals surface area contributed by atoms with Crippen molar-refractivity contribution in [3.8, 4) is 11.1 Å². The molecule has 0 bridgehead atoms. The molecule has 28 heavy (non-hydrogen) atoms. The standard InChI is InChI=1S/C26H25NO/c1-2-8-25(28)27-18-17-21-16-15-20-10-4-6-13-23(20)26(21)24-14-7-11-19-9-3-5-12-22(19)24/h3-7,9-16H,2,8,17-18H2,1H3,(H,27,28). The van der Waals surface area contributed by atoms with Crippen LogP contribution in [0.4, 0.5) is 0 Å². The minimum Gasteiger partial charge on any atom is -0.356 e. The molecule has 0 aliphatic heterocycles. The Bertz CT molecular complexity index is 1120. The Labute approximate surface area is 166 Å². The van der Waals surface area contributed by atoms with Crippen LogP contribution in [0, 0.1) is 0 Å². The predicted octanol–water partition coefficient (Wildman–Crippen LogP) is 6.12. The van der Waals surface area contributed by atoms with Crippen molar-refractivity contribution in [3.63, 3.8) is 0 Å². The molecule has 0 radical (unpaired) electrons. The van der Waals surface area contributed by atoms with Crippen LogP contribution in [0.25, 0.3) is 32.7 Å². The summed E-state index contributed by atoms with van der Waals surface area (Å²) in [5, 5.41) is 8.06. The molecule has 4 aromatic carbocycles. The van der Waals surface area contributed by atoms with E-state index in [-0.39, 0.29) is 5.91 Å². The van der Waals surface area contributed by atoms with Gasteiger partial charge in [0.25, 0.3) is 0 Å². The molecule has 0 aromatic heterocycles. The van der Waals surface area contributed by atoms with Crippen LogP contribution in [0.1, 0.15) is 25.3 Å². The summed E-state index contributed by atoms with van der Waals surface area (Å²) >= 11 is 0. The number of carbonyl (C=O) groups excluding carboxylic acids is 1. The summed E-state index contributed by atoms with van der Waals surface area (Å²) < 4.78 is 0. The Morgan fingerprint density at radius 1 is 0.786 bits per heavy atom. The topological polar surface area (TPSA) is 29.1 Å². The van der Waals surface area contributed by atoms with Gasteiger partial charge in [-0.1, -0.05) is 85.8 Å². The highest BCUT2D eigenvalue weighted by atomic mass is 16.1. The predicted molar refractivity (Wildman–Crippen MR) is 119 cm³/mol. The zero-order valence-electron chi connectivity index (χ0n) is 16.2. The third kappa shape index (κ3) is 3.63. The Hall–Kier alpha value is -3.13. The summed E-state index contributed by atoms with van der Waals surface area (Å²) in [6.45, 7) is 2.69. The molecular weight excluding hydrogens is 342 g/mol. The van der Waals surface area contributed by atoms with Crippen LogP contribution in [-0.2, 0) is 11.2 Å². The summed E-state index contributed by atoms with van der Waals surface area (Å²) in [7, 11) is 0. The van der Waals surface area contributed by atoms with Crippen molar-refractivity contribution >= 4 is 27.5 Å². The Morgan fingerprint density at radius 3 is 2.25 bits per heavy atom. The monoisotopic (exact) mass is 367 g/mol. The van der Waals surface area contributed by atoms with Crippen molar-refractivity contribution in [1.29, 1.82) is 0 Å². The number of carbonyl (C=O) groups is 1. The number of amides is 1. The lowest BCUT2D eigenvalue weighted by Gasteiger charge is -2.16. The van der Waals surface area contributed by atoms with Crippen LogP contribution in [-0.4, -0.2) is 12.5 Å². The third-order valence-corrected chi connectivity index (χ3v) is 5.27. The summed E-state index contributed by atoms with van der Waals surface area (Å²) in [6, 6.07) is 28.0. The number of benzene rings is 4. The number of fused-ring (bicyclic) bond motifs is 2. The van der Waals surface area contributed by atoms with E-state index in [1.54, 1.807) is 0 Å². The molecular formula is C26H25NO. The molecule has 0 spiro atoms. The molecule has 0 atom stereocenters. The van der Waals surface area contributed by atoms with Gasteiger partial charge in [0.1, 0.15) is 0 Å². The molecule has 2 heteroatoms. The Balaban J connectivity index is 1.82. The van der Waals surface area contributed by atoms with Crippen molar-refractivity contribution in [2.24, 2.45) is 0 Å². The molecule has 0 aliphatic rings. The molecule has 0 fully saturated rings. The molecule has 4 rings (SSSR count). The SMILES string of the molecule is CCCC(=O)NCCc1ccc2ccccc2c1-c1cccc2ccccc12. The van der Waals surface area contributed by atoms with E-state index in [1.165, 1.54) is 38.2 Å². The molecule has 140 valence electrons. The molecule has 0 heterocycles. The van der Waals surface area contributed by atoms with Gasteiger partial charge in [-0.25, -0.2) is 0 Å². The Morgan fingerprint density at radius 2 is 1.46 bits per heavy atom. The van der Waals surface area contributed by atoms with Crippen molar-refractivity contribution in [2.75, 3.05) is 6.54 Å². The highest BCUT2D eigenvalue weighted by molar-refractivity contribution is 6.06. The number of hydrogen-bond acceptors (Lipinski definition) is 1. The second-order valence-corrected chi connectivity index (χ2v) is 7.20. The second-order valence-electron chi connectivity index (χ2n) is 7.20. The molecule has 1 N–H and O–H groups in total. The number of hydrogen-bond donors (Lipinski definition) is 1. The van der Waals surface area contributed by atoms with Gasteiger partial charge in [0, 0.05) is 13.0 Å². The number of rotatable bonds is 6. The van der Waals surface area contributed by atoms with Crippen LogP contribution in [0.2, 0.25) is 0 Å². The minimum atomic E-state index is 0.134. The van der Waals surface area contributed by atoms with Crippen LogP contribution in [0.5, 0.6) is 0 Å². The Kier molecular flexibility index (Phi) is 5.38. The van der Waals surface area contributed by atoms with Crippen LogP contribution < -0.4 is 5.32 Å². The van der Waals surface area contributed by atoms with E-state index >= 15 is 0 Å². The second kappa shape index (κ2) is 8.26. The first-order chi connectivity index (χ1) is 13.8. The maximum atomic E-state index is 11.9. The van der Waals surface area contributed by atoms with Gasteiger partial charge in [0.15, 0.2) is 0 Å². The summed E-state index contributed by atoms with van der Waals surface area (Å²) in [5.74, 6) is 0.134. The van der Waals surface area contributed by atoms with Crippen molar-refractivity contribution in [2.45, 2.75) is 26.2 Å². The lowest BCUT2D eigenvalue weighted by Crippen LogP contribution is -2.25. The van der Waals surface area contributed by atoms with E-state index in [2.05, 4.69) is 84.2 Å². The molecule has 0 aliphatic carbocycles. The fourth-order valence-electron chi connectivity index (χ4n) is 3.94. The van der Waals surface area contributed by atoms with E-state index in [1.807, 2.05) is 6.92 Å². The first kappa shape index (κ1) is 18.2. The van der Waals surface area contributed by atoms with Gasteiger partial charge in [0.05, 0.1) is 0 Å². The molecule has 4 aromatic rings. The van der Waals surface area contributed by atoms with Crippen molar-refractivity contribution < 1.29 is 4.79 Å². The van der Waals surface area contributed by atoms with Gasteiger partial charge in [-0.3, -0.25) is 4.79 Å². The van der Waals surface area contributed by atoms with E-state index in [0.717, 1.165) is 12.8 Å². The minimum absolute atomic E-state index is 0.134. The van der Waals surface area contributed by atoms with Crippen molar-refractivity contribution in [1.82, 2.24) is 5.32 Å². The highest BCUT2D eigenvalue weighted by Crippen LogP contribution is 2.36. The molecule has 0 saturated heterocycles. The third-order valence-electron chi connectivity index (χ3n) is 5.27. The normalized spacial score (nSPS) is 11.0. The van der Waals surface area contributed by atoms with Gasteiger partial charge >= 0.3 is 0 Å². The van der Waals surface area contributed by atoms with Gasteiger partial charge in [-0.2, -0.15) is 0 Å². The summed E-state index contributed by atoms with van der Waals surface area (Å²) in [6.07, 6.45) is 2.29. The molecule has 2 nitrogen and oxygen atoms in total. The quantitative estimate of drug-likeness (QED) is 0.437. The molecule has 1 amide bonds. The fraction of sp³-hybridized carbons (Fsp3) is 0.192. The van der Waals surface area contributed by atoms with Gasteiger partial charge in [-0.15, -0.1) is 0 Å². The van der Waals surface area contributed by atoms with Crippen molar-refractivity contribution in [3.05, 3.63) is 84.4 Å². The zero-order chi connectivity index (χ0) is 19.3. The lowest BCUT2D eigenvalue weighted by atomic mass is 9.89. The number of nitrogens with one attached hydrogen (secondary N) is 1. The van der Waals surface area contributed by atoms with Crippen LogP contribution >= 0.6 is 0 Å². The highest BCUT2D eigenvalue weighted by Gasteiger charge is 2.13. The van der Waals surface area contributed by atoms with E-state index in [9.17, 15) is 4.79 Å². The molecule has 0 saturated carbocycles. The zero-order valence-corrected chi connectivity index (χ0v) is 16.2. The van der Waals surface area contributed by atoms with E-state index in [4.69, 9.17) is 0 Å². The first-order valence-electron chi connectivity index (χ1n) is 10.0. The average molecular weight is 367 g/mol. The van der Waals surface area contributed by atoms with Crippen LogP contribution in [0.3, 0.4) is 0 Å². The maximum Gasteiger partial charge on any atom is 0.219 e. The van der Waals surface area contributed by atoms with E-state index < -0.39 is 0 Å². The van der Waals surface area contributed by atoms with Gasteiger partial charge in [0.2, 0.25) is 5.91 Å². The smallest absolute Gasteiger partial charge is 0.219 e.